The van der Waals surface area contributed by atoms with Crippen LogP contribution in [0, 0.1) is 11.3 Å². The summed E-state index contributed by atoms with van der Waals surface area (Å²) < 4.78 is 15.8. The molecule has 2 aliphatic rings. The van der Waals surface area contributed by atoms with Crippen LogP contribution in [0.3, 0.4) is 0 Å². The molecule has 3 atom stereocenters. The molecule has 1 heterocycles. The number of nitrogens with one attached hydrogen (secondary N) is 1. The number of ether oxygens (including phenoxy) is 3. The minimum Gasteiger partial charge on any atom is -0.497 e. The lowest BCUT2D eigenvalue weighted by Crippen LogP contribution is -2.42. The normalized spacial score (nSPS) is 24.7. The molecule has 1 aromatic rings. The maximum atomic E-state index is 12.7. The SMILES string of the molecule is COc1ccc2c(c1)C(=O)C[C@H](COC(=O)C(C)(C)C)[C@H]2[C@@H]1COC(=O)N1. The van der Waals surface area contributed by atoms with Crippen molar-refractivity contribution in [3.8, 4) is 5.75 Å². The highest BCUT2D eigenvalue weighted by Gasteiger charge is 2.43. The quantitative estimate of drug-likeness (QED) is 0.814. The Labute approximate surface area is 158 Å². The third-order valence-corrected chi connectivity index (χ3v) is 5.05. The lowest BCUT2D eigenvalue weighted by molar-refractivity contribution is -0.154. The first-order chi connectivity index (χ1) is 12.7. The van der Waals surface area contributed by atoms with Gasteiger partial charge in [0.25, 0.3) is 0 Å². The van der Waals surface area contributed by atoms with E-state index in [1.807, 2.05) is 6.07 Å². The molecule has 1 fully saturated rings. The van der Waals surface area contributed by atoms with Gasteiger partial charge in [0.2, 0.25) is 0 Å². The summed E-state index contributed by atoms with van der Waals surface area (Å²) in [5.74, 6) is -0.173. The van der Waals surface area contributed by atoms with Gasteiger partial charge in [0.1, 0.15) is 12.4 Å². The molecular formula is C20H25NO6. The van der Waals surface area contributed by atoms with E-state index in [4.69, 9.17) is 14.2 Å². The number of fused-ring (bicyclic) bond motifs is 1. The maximum absolute atomic E-state index is 12.7. The zero-order valence-electron chi connectivity index (χ0n) is 16.0. The molecule has 0 saturated carbocycles. The molecule has 1 amide bonds. The highest BCUT2D eigenvalue weighted by Crippen LogP contribution is 2.41. The molecule has 0 unspecified atom stereocenters. The summed E-state index contributed by atoms with van der Waals surface area (Å²) >= 11 is 0. The summed E-state index contributed by atoms with van der Waals surface area (Å²) in [6.07, 6.45) is -0.244. The van der Waals surface area contributed by atoms with E-state index in [0.717, 1.165) is 5.56 Å². The van der Waals surface area contributed by atoms with E-state index in [1.54, 1.807) is 40.0 Å². The number of methoxy groups -OCH3 is 1. The van der Waals surface area contributed by atoms with E-state index in [-0.39, 0.29) is 49.3 Å². The Morgan fingerprint density at radius 3 is 2.63 bits per heavy atom. The number of alkyl carbamates (subject to hydrolysis) is 1. The smallest absolute Gasteiger partial charge is 0.407 e. The van der Waals surface area contributed by atoms with Gasteiger partial charge in [0.15, 0.2) is 5.78 Å². The van der Waals surface area contributed by atoms with Gasteiger partial charge in [-0.25, -0.2) is 4.79 Å². The molecule has 1 saturated heterocycles. The molecule has 1 N–H and O–H groups in total. The van der Waals surface area contributed by atoms with Crippen LogP contribution in [0.25, 0.3) is 0 Å². The zero-order valence-corrected chi connectivity index (χ0v) is 16.0. The van der Waals surface area contributed by atoms with Crippen LogP contribution in [0.2, 0.25) is 0 Å². The standard InChI is InChI=1S/C20H25NO6/c1-20(2,3)18(23)26-9-11-7-16(22)14-8-12(25-4)5-6-13(14)17(11)15-10-27-19(24)21-15/h5-6,8,11,15,17H,7,9-10H2,1-4H3,(H,21,24)/t11-,15+,17-/m1/s1. The van der Waals surface area contributed by atoms with Gasteiger partial charge in [0, 0.05) is 23.8 Å². The molecule has 1 aromatic carbocycles. The number of carbonyl (C=O) groups excluding carboxylic acids is 3. The van der Waals surface area contributed by atoms with Crippen molar-refractivity contribution < 1.29 is 28.6 Å². The van der Waals surface area contributed by atoms with Crippen molar-refractivity contribution in [3.05, 3.63) is 29.3 Å². The minimum atomic E-state index is -0.621. The van der Waals surface area contributed by atoms with Crippen molar-refractivity contribution >= 4 is 17.8 Å². The van der Waals surface area contributed by atoms with Crippen LogP contribution in [0.1, 0.15) is 49.0 Å². The third-order valence-electron chi connectivity index (χ3n) is 5.05. The number of benzene rings is 1. The summed E-state index contributed by atoms with van der Waals surface area (Å²) in [6, 6.07) is 5.08. The van der Waals surface area contributed by atoms with Crippen molar-refractivity contribution in [3.63, 3.8) is 0 Å². The van der Waals surface area contributed by atoms with Crippen LogP contribution in [0.5, 0.6) is 5.75 Å². The Balaban J connectivity index is 1.91. The van der Waals surface area contributed by atoms with E-state index in [2.05, 4.69) is 5.32 Å². The van der Waals surface area contributed by atoms with Crippen molar-refractivity contribution in [2.24, 2.45) is 11.3 Å². The summed E-state index contributed by atoms with van der Waals surface area (Å²) in [6.45, 7) is 5.68. The fourth-order valence-electron chi connectivity index (χ4n) is 3.62. The average molecular weight is 375 g/mol. The van der Waals surface area contributed by atoms with Crippen LogP contribution in [-0.2, 0) is 14.3 Å². The Morgan fingerprint density at radius 2 is 2.04 bits per heavy atom. The lowest BCUT2D eigenvalue weighted by atomic mass is 9.71. The van der Waals surface area contributed by atoms with Crippen LogP contribution < -0.4 is 10.1 Å². The van der Waals surface area contributed by atoms with E-state index in [1.165, 1.54) is 0 Å². The number of carbonyl (C=O) groups is 3. The summed E-state index contributed by atoms with van der Waals surface area (Å²) in [4.78, 5) is 36.5. The number of hydrogen-bond donors (Lipinski definition) is 1. The minimum absolute atomic E-state index is 0.0257. The Bertz CT molecular complexity index is 766. The number of rotatable bonds is 4. The highest BCUT2D eigenvalue weighted by atomic mass is 16.6. The van der Waals surface area contributed by atoms with Gasteiger partial charge in [0.05, 0.1) is 25.2 Å². The lowest BCUT2D eigenvalue weighted by Gasteiger charge is -2.35. The molecule has 3 rings (SSSR count). The van der Waals surface area contributed by atoms with E-state index < -0.39 is 11.5 Å². The largest absolute Gasteiger partial charge is 0.497 e. The monoisotopic (exact) mass is 375 g/mol. The first-order valence-corrected chi connectivity index (χ1v) is 9.02. The van der Waals surface area contributed by atoms with Crippen LogP contribution in [0.4, 0.5) is 4.79 Å². The highest BCUT2D eigenvalue weighted by molar-refractivity contribution is 5.99. The maximum Gasteiger partial charge on any atom is 0.407 e. The fraction of sp³-hybridized carbons (Fsp3) is 0.550. The first-order valence-electron chi connectivity index (χ1n) is 9.02. The average Bonchev–Trinajstić information content (AvgIpc) is 3.04. The molecule has 0 radical (unpaired) electrons. The molecule has 7 heteroatoms. The Hall–Kier alpha value is -2.57. The number of Topliss-reactive ketones (excluding diaryl/α,β-unsaturated/α-hetero) is 1. The second-order valence-electron chi connectivity index (χ2n) is 8.06. The number of esters is 1. The molecule has 27 heavy (non-hydrogen) atoms. The van der Waals surface area contributed by atoms with Gasteiger partial charge in [-0.2, -0.15) is 0 Å². The second kappa shape index (κ2) is 7.21. The molecule has 146 valence electrons. The number of hydrogen-bond acceptors (Lipinski definition) is 6. The van der Waals surface area contributed by atoms with Gasteiger partial charge in [-0.15, -0.1) is 0 Å². The van der Waals surface area contributed by atoms with Crippen molar-refractivity contribution in [2.75, 3.05) is 20.3 Å². The number of ketones is 1. The molecular weight excluding hydrogens is 350 g/mol. The van der Waals surface area contributed by atoms with Crippen LogP contribution >= 0.6 is 0 Å². The number of amides is 1. The van der Waals surface area contributed by atoms with Crippen molar-refractivity contribution in [1.29, 1.82) is 0 Å². The van der Waals surface area contributed by atoms with E-state index in [9.17, 15) is 14.4 Å². The second-order valence-corrected chi connectivity index (χ2v) is 8.06. The Morgan fingerprint density at radius 1 is 1.30 bits per heavy atom. The fourth-order valence-corrected chi connectivity index (χ4v) is 3.62. The van der Waals surface area contributed by atoms with Crippen LogP contribution in [-0.4, -0.2) is 44.2 Å². The molecule has 1 aliphatic carbocycles. The first kappa shape index (κ1) is 19.2. The van der Waals surface area contributed by atoms with Gasteiger partial charge < -0.3 is 19.5 Å². The predicted molar refractivity (Wildman–Crippen MR) is 96.9 cm³/mol. The number of cyclic esters (lactones) is 1. The van der Waals surface area contributed by atoms with Gasteiger partial charge >= 0.3 is 12.1 Å². The third kappa shape index (κ3) is 3.91. The van der Waals surface area contributed by atoms with Gasteiger partial charge in [-0.1, -0.05) is 6.07 Å². The van der Waals surface area contributed by atoms with Crippen molar-refractivity contribution in [2.45, 2.75) is 39.2 Å². The predicted octanol–water partition coefficient (Wildman–Crippen LogP) is 2.68. The van der Waals surface area contributed by atoms with E-state index >= 15 is 0 Å². The summed E-state index contributed by atoms with van der Waals surface area (Å²) in [7, 11) is 1.55. The topological polar surface area (TPSA) is 90.9 Å². The Kier molecular flexibility index (Phi) is 5.13. The van der Waals surface area contributed by atoms with Gasteiger partial charge in [-0.05, 0) is 38.5 Å². The molecule has 0 aromatic heterocycles. The summed E-state index contributed by atoms with van der Waals surface area (Å²) in [5, 5.41) is 2.81. The zero-order chi connectivity index (χ0) is 19.8. The molecule has 0 spiro atoms. The summed E-state index contributed by atoms with van der Waals surface area (Å²) in [5.41, 5.74) is 0.781. The van der Waals surface area contributed by atoms with E-state index in [0.29, 0.717) is 11.3 Å². The van der Waals surface area contributed by atoms with Crippen molar-refractivity contribution in [1.82, 2.24) is 5.32 Å². The molecule has 0 bridgehead atoms. The van der Waals surface area contributed by atoms with Crippen LogP contribution in [0.15, 0.2) is 18.2 Å². The molecule has 7 nitrogen and oxygen atoms in total. The molecule has 1 aliphatic heterocycles. The van der Waals surface area contributed by atoms with Gasteiger partial charge in [-0.3, -0.25) is 9.59 Å².